The highest BCUT2D eigenvalue weighted by molar-refractivity contribution is 8.16. The van der Waals surface area contributed by atoms with Crippen LogP contribution in [0.15, 0.2) is 112 Å². The van der Waals surface area contributed by atoms with Crippen molar-refractivity contribution in [3.05, 3.63) is 124 Å². The quantitative estimate of drug-likeness (QED) is 0.262. The molecule has 7 nitrogen and oxygen atoms in total. The zero-order valence-electron chi connectivity index (χ0n) is 23.4. The number of allylic oxidation sites excluding steroid dienone is 1. The third-order valence-electron chi connectivity index (χ3n) is 6.94. The smallest absolute Gasteiger partial charge is 0.338 e. The molecule has 0 N–H and O–H groups in total. The molecule has 0 spiro atoms. The summed E-state index contributed by atoms with van der Waals surface area (Å²) in [4.78, 5) is 35.1. The molecule has 41 heavy (non-hydrogen) atoms. The minimum atomic E-state index is -0.518. The maximum absolute atomic E-state index is 13.4. The Morgan fingerprint density at radius 1 is 0.976 bits per heavy atom. The van der Waals surface area contributed by atoms with E-state index in [4.69, 9.17) is 14.5 Å². The first-order valence-corrected chi connectivity index (χ1v) is 14.5. The number of carbonyl (C=O) groups is 2. The Labute approximate surface area is 245 Å². The van der Waals surface area contributed by atoms with Crippen molar-refractivity contribution in [2.75, 3.05) is 13.7 Å². The molecule has 2 aliphatic rings. The first-order valence-electron chi connectivity index (χ1n) is 13.6. The molecule has 1 atom stereocenters. The third-order valence-corrected chi connectivity index (χ3v) is 7.83. The molecule has 8 heteroatoms. The number of ether oxygens (including phenoxy) is 2. The number of hydrogen-bond donors (Lipinski definition) is 0. The Morgan fingerprint density at radius 2 is 1.68 bits per heavy atom. The van der Waals surface area contributed by atoms with Crippen molar-refractivity contribution in [3.8, 4) is 5.75 Å². The van der Waals surface area contributed by atoms with E-state index in [0.717, 1.165) is 27.6 Å². The monoisotopic (exact) mass is 567 g/mol. The van der Waals surface area contributed by atoms with E-state index in [-0.39, 0.29) is 18.9 Å². The summed E-state index contributed by atoms with van der Waals surface area (Å²) in [5.74, 6) is 0.245. The van der Waals surface area contributed by atoms with Gasteiger partial charge in [-0.05, 0) is 48.1 Å². The molecule has 5 rings (SSSR count). The summed E-state index contributed by atoms with van der Waals surface area (Å²) in [6, 6.07) is 27.1. The van der Waals surface area contributed by atoms with Gasteiger partial charge in [0.25, 0.3) is 0 Å². The lowest BCUT2D eigenvalue weighted by Gasteiger charge is -2.36. The van der Waals surface area contributed by atoms with E-state index in [9.17, 15) is 9.59 Å². The van der Waals surface area contributed by atoms with Gasteiger partial charge < -0.3 is 19.3 Å². The molecule has 0 radical (unpaired) electrons. The number of amidine groups is 1. The lowest BCUT2D eigenvalue weighted by molar-refractivity contribution is -0.139. The summed E-state index contributed by atoms with van der Waals surface area (Å²) < 4.78 is 11.6. The lowest BCUT2D eigenvalue weighted by atomic mass is 9.93. The largest absolute Gasteiger partial charge is 0.489 e. The average Bonchev–Trinajstić information content (AvgIpc) is 3.38. The van der Waals surface area contributed by atoms with Gasteiger partial charge in [0, 0.05) is 19.3 Å². The third kappa shape index (κ3) is 6.55. The van der Waals surface area contributed by atoms with E-state index >= 15 is 0 Å². The van der Waals surface area contributed by atoms with Crippen LogP contribution >= 0.6 is 11.8 Å². The molecule has 0 fully saturated rings. The number of amides is 1. The summed E-state index contributed by atoms with van der Waals surface area (Å²) in [7, 11) is 1.81. The van der Waals surface area contributed by atoms with Crippen LogP contribution in [0.4, 0.5) is 0 Å². The van der Waals surface area contributed by atoms with E-state index < -0.39 is 12.0 Å². The SMILES string of the molecule is CCOC(=O)C1=C(C)N=C2SC=C(CC(=O)N(C)Cc3ccccc3)N2[C@H]1c1cccc(OCc2ccccc2)c1. The van der Waals surface area contributed by atoms with Gasteiger partial charge in [0.05, 0.1) is 30.3 Å². The Morgan fingerprint density at radius 3 is 2.39 bits per heavy atom. The minimum absolute atomic E-state index is 0.0235. The zero-order chi connectivity index (χ0) is 28.8. The number of hydrogen-bond acceptors (Lipinski definition) is 7. The van der Waals surface area contributed by atoms with Crippen molar-refractivity contribution >= 4 is 28.8 Å². The van der Waals surface area contributed by atoms with Crippen LogP contribution in [0.25, 0.3) is 0 Å². The van der Waals surface area contributed by atoms with E-state index in [0.29, 0.717) is 30.2 Å². The molecule has 0 bridgehead atoms. The standard InChI is InChI=1S/C33H33N3O4S/c1-4-39-32(38)30-23(2)34-33-36(27(22-41-33)19-29(37)35(3)20-24-12-7-5-8-13-24)31(30)26-16-11-17-28(18-26)40-21-25-14-9-6-10-15-25/h5-18,22,31H,4,19-21H2,1-3H3/t31-/m0/s1. The number of esters is 1. The molecule has 3 aromatic carbocycles. The summed E-state index contributed by atoms with van der Waals surface area (Å²) in [5.41, 5.74) is 4.82. The molecular formula is C33H33N3O4S. The maximum atomic E-state index is 13.4. The molecule has 210 valence electrons. The first-order chi connectivity index (χ1) is 19.9. The molecule has 2 heterocycles. The summed E-state index contributed by atoms with van der Waals surface area (Å²) >= 11 is 1.46. The number of rotatable bonds is 10. The number of aliphatic imine (C=N–C) groups is 1. The minimum Gasteiger partial charge on any atom is -0.489 e. The number of fused-ring (bicyclic) bond motifs is 1. The van der Waals surface area contributed by atoms with Crippen LogP contribution in [0.3, 0.4) is 0 Å². The van der Waals surface area contributed by atoms with Crippen molar-refractivity contribution < 1.29 is 19.1 Å². The summed E-state index contributed by atoms with van der Waals surface area (Å²) in [6.07, 6.45) is 0.172. The fraction of sp³-hybridized carbons (Fsp3) is 0.242. The molecule has 0 unspecified atom stereocenters. The molecule has 0 saturated carbocycles. The zero-order valence-corrected chi connectivity index (χ0v) is 24.3. The van der Waals surface area contributed by atoms with Crippen LogP contribution in [-0.2, 0) is 27.5 Å². The number of thioether (sulfide) groups is 1. The Hall–Kier alpha value is -4.30. The van der Waals surface area contributed by atoms with Crippen molar-refractivity contribution in [2.45, 2.75) is 39.5 Å². The van der Waals surface area contributed by atoms with Crippen LogP contribution in [-0.4, -0.2) is 40.5 Å². The second kappa shape index (κ2) is 12.9. The van der Waals surface area contributed by atoms with E-state index in [1.54, 1.807) is 11.8 Å². The number of carbonyl (C=O) groups excluding carboxylic acids is 2. The van der Waals surface area contributed by atoms with Crippen LogP contribution in [0.5, 0.6) is 5.75 Å². The van der Waals surface area contributed by atoms with Crippen LogP contribution < -0.4 is 4.74 Å². The fourth-order valence-electron chi connectivity index (χ4n) is 4.91. The normalized spacial score (nSPS) is 16.1. The molecular weight excluding hydrogens is 534 g/mol. The second-order valence-corrected chi connectivity index (χ2v) is 10.7. The molecule has 0 aliphatic carbocycles. The van der Waals surface area contributed by atoms with Gasteiger partial charge in [0.15, 0.2) is 5.17 Å². The van der Waals surface area contributed by atoms with Gasteiger partial charge in [-0.3, -0.25) is 4.79 Å². The van der Waals surface area contributed by atoms with Crippen molar-refractivity contribution in [2.24, 2.45) is 4.99 Å². The Bertz CT molecular complexity index is 1500. The van der Waals surface area contributed by atoms with E-state index in [2.05, 4.69) is 0 Å². The molecule has 0 aromatic heterocycles. The van der Waals surface area contributed by atoms with Gasteiger partial charge >= 0.3 is 5.97 Å². The van der Waals surface area contributed by atoms with Gasteiger partial charge in [0.1, 0.15) is 12.4 Å². The van der Waals surface area contributed by atoms with Gasteiger partial charge in [-0.15, -0.1) is 0 Å². The number of benzene rings is 3. The topological polar surface area (TPSA) is 71.4 Å². The van der Waals surface area contributed by atoms with Gasteiger partial charge in [0.2, 0.25) is 5.91 Å². The van der Waals surface area contributed by atoms with Crippen molar-refractivity contribution in [1.82, 2.24) is 9.80 Å². The first kappa shape index (κ1) is 28.2. The molecule has 1 amide bonds. The number of nitrogens with zero attached hydrogens (tertiary/aromatic N) is 3. The molecule has 3 aromatic rings. The van der Waals surface area contributed by atoms with Crippen LogP contribution in [0.1, 0.15) is 43.0 Å². The van der Waals surface area contributed by atoms with Crippen LogP contribution in [0, 0.1) is 0 Å². The summed E-state index contributed by atoms with van der Waals surface area (Å²) in [5, 5.41) is 2.68. The van der Waals surface area contributed by atoms with Crippen molar-refractivity contribution in [3.63, 3.8) is 0 Å². The predicted molar refractivity (Wildman–Crippen MR) is 162 cm³/mol. The summed E-state index contributed by atoms with van der Waals surface area (Å²) in [6.45, 7) is 4.80. The highest BCUT2D eigenvalue weighted by atomic mass is 32.2. The van der Waals surface area contributed by atoms with Crippen molar-refractivity contribution in [1.29, 1.82) is 0 Å². The fourth-order valence-corrected chi connectivity index (χ4v) is 5.87. The van der Waals surface area contributed by atoms with Gasteiger partial charge in [-0.2, -0.15) is 0 Å². The average molecular weight is 568 g/mol. The van der Waals surface area contributed by atoms with E-state index in [1.807, 2.05) is 109 Å². The maximum Gasteiger partial charge on any atom is 0.338 e. The highest BCUT2D eigenvalue weighted by Crippen LogP contribution is 2.45. The van der Waals surface area contributed by atoms with E-state index in [1.165, 1.54) is 11.8 Å². The molecule has 2 aliphatic heterocycles. The Kier molecular flexibility index (Phi) is 8.89. The molecule has 0 saturated heterocycles. The predicted octanol–water partition coefficient (Wildman–Crippen LogP) is 6.45. The lowest BCUT2D eigenvalue weighted by Crippen LogP contribution is -2.38. The van der Waals surface area contributed by atoms with Crippen LogP contribution in [0.2, 0.25) is 0 Å². The Balaban J connectivity index is 1.43. The highest BCUT2D eigenvalue weighted by Gasteiger charge is 2.41. The van der Waals surface area contributed by atoms with Gasteiger partial charge in [-0.25, -0.2) is 9.79 Å². The van der Waals surface area contributed by atoms with Gasteiger partial charge in [-0.1, -0.05) is 84.6 Å². The second-order valence-electron chi connectivity index (χ2n) is 9.87.